The number of nitrogens with two attached hydrogens (primary N) is 9. The standard InChI is InChI=1S/C7H15NO2.C7H15NO.C7H14O2.C6H12O3.2C5H11NO.4C5H13NO.C5H8O2.2C5H12O2.C4H9NO.4C4H11NO.2C4H10O2.C3H7NO/c1-4-7(9)8(2)5-6-10-3;1-4-7(9)8(5-2)6-3;1-4-6-5-8-7(2,3)9-6;1-2-5-6(8)4(7)3-9-5;1-4-5(7)6(2)3;1-3-5(7)6-4-2;2*1-2-3-5(6)4-7;2*1-2-3-5(7)4-6;1-4-2-3-7-5(4)6;2*1-2-3-5(7)4-6;1-3-4(6)5-2;2*1-2-4(5)3-6;4*1-2-4(6)3-5;1-2-3(4)5/h4-6H2,1-3H3;4-6H2,1-3H3;6H,4-5H2,1-3H3;4-8H,2-3H2,1H3;4H2,1-3H3;3-4H2,1-2H3,(H,6,7);4*5,7H,2-4,6H2,1H3;4H,2-3H2,1H3;2*5-7H,2-4H2,1H3;3H2,1-2H3,(H,5,6);4*4,6H,2-3,5H2,1H3;2*4-6H,2-3H2,1H3;2H2,1H3,(H2,4,5)/t;;6-;4-,5+,6-;;;4*5-;;2*5-;;6*4-;/m..00..1010.10.101010./s1. The summed E-state index contributed by atoms with van der Waals surface area (Å²) in [6.07, 6.45) is 17.3. The molecule has 3 saturated heterocycles. The molecule has 3 rings (SSSR count). The van der Waals surface area contributed by atoms with Gasteiger partial charge in [-0.1, -0.05) is 184 Å². The summed E-state index contributed by atoms with van der Waals surface area (Å²) in [6, 6.07) is -0.00926. The molecular weight excluding hydrogens is 1910 g/mol. The summed E-state index contributed by atoms with van der Waals surface area (Å²) in [5.41, 5.74) is 46.0. The zero-order valence-corrected chi connectivity index (χ0v) is 98.5. The van der Waals surface area contributed by atoms with Gasteiger partial charge in [-0.25, -0.2) is 0 Å². The van der Waals surface area contributed by atoms with Crippen LogP contribution >= 0.6 is 0 Å². The molecule has 1 unspecified atom stereocenters. The molecule has 3 aliphatic heterocycles. The number of aliphatic hydroxyl groups is 18. The molecule has 3 heterocycles. The fourth-order valence-electron chi connectivity index (χ4n) is 8.35. The highest BCUT2D eigenvalue weighted by Gasteiger charge is 2.33. The van der Waals surface area contributed by atoms with Crippen molar-refractivity contribution in [3.63, 3.8) is 0 Å². The van der Waals surface area contributed by atoms with Gasteiger partial charge in [0.25, 0.3) is 0 Å². The minimum absolute atomic E-state index is 0.00463. The summed E-state index contributed by atoms with van der Waals surface area (Å²) >= 11 is 0. The smallest absolute Gasteiger partial charge is 0.308 e. The minimum Gasteiger partial charge on any atom is -0.465 e. The number of nitrogens with zero attached hydrogens (tertiary/aromatic N) is 3. The number of amides is 6. The lowest BCUT2D eigenvalue weighted by molar-refractivity contribution is -0.141. The SMILES string of the molecule is CC1CCOC1=O.CCC(=O)N(C)C.CCC(=O)N(C)CCOC.CCC(=O)N(CC)CC.CCC(=O)NC.CCC(N)=O.CCC[C@@H](N)CO.CCC[C@@H](O)CN.CCC[C@@H](O)CO.CCC[C@H](N)CO.CCC[C@H](O)CN.CCC[C@H](O)CO.CCNC(=O)CC.CC[C@@H](N)CO.CC[C@@H](O)CN.CC[C@@H](O)CO.CC[C@H](N)CO.CC[C@H](O)CN.CC[C@H](O)CO.CC[C@H]1COC(C)(C)O1.CC[C@H]1OC[C@H](O)[C@@H]1O. The van der Waals surface area contributed by atoms with Gasteiger partial charge >= 0.3 is 5.97 Å². The van der Waals surface area contributed by atoms with E-state index in [-0.39, 0.29) is 167 Å². The molecule has 0 aromatic heterocycles. The van der Waals surface area contributed by atoms with Gasteiger partial charge in [-0.2, -0.15) is 0 Å². The second-order valence-corrected chi connectivity index (χ2v) is 33.8. The highest BCUT2D eigenvalue weighted by atomic mass is 16.7. The first-order valence-electron chi connectivity index (χ1n) is 53.5. The van der Waals surface area contributed by atoms with Gasteiger partial charge in [-0.05, 0) is 131 Å². The van der Waals surface area contributed by atoms with Gasteiger partial charge in [0.1, 0.15) is 12.2 Å². The normalized spacial score (nSPS) is 16.3. The summed E-state index contributed by atoms with van der Waals surface area (Å²) < 4.78 is 25.3. The Kier molecular flexibility index (Phi) is 187. The highest BCUT2D eigenvalue weighted by Crippen LogP contribution is 2.23. The summed E-state index contributed by atoms with van der Waals surface area (Å²) in [5.74, 6) is 0.347. The van der Waals surface area contributed by atoms with Crippen LogP contribution in [0.2, 0.25) is 0 Å². The fourth-order valence-corrected chi connectivity index (χ4v) is 8.35. The molecule has 0 bridgehead atoms. The van der Waals surface area contributed by atoms with Crippen molar-refractivity contribution < 1.29 is 149 Å². The van der Waals surface area contributed by atoms with E-state index >= 15 is 0 Å². The fraction of sp³-hybridized carbons (Fsp3) is 0.932. The number of carbonyl (C=O) groups excluding carboxylic acids is 7. The average Bonchev–Trinajstić information content (AvgIpc) is 1.72. The molecule has 3 aliphatic rings. The van der Waals surface area contributed by atoms with Crippen LogP contribution in [0.15, 0.2) is 0 Å². The Morgan fingerprint density at radius 1 is 0.442 bits per heavy atom. The van der Waals surface area contributed by atoms with Crippen molar-refractivity contribution >= 4 is 41.4 Å². The lowest BCUT2D eigenvalue weighted by atomic mass is 10.1. The maximum absolute atomic E-state index is 10.9. The van der Waals surface area contributed by atoms with Gasteiger partial charge in [0, 0.05) is 150 Å². The van der Waals surface area contributed by atoms with E-state index in [1.165, 1.54) is 0 Å². The van der Waals surface area contributed by atoms with Crippen molar-refractivity contribution in [1.29, 1.82) is 0 Å². The van der Waals surface area contributed by atoms with E-state index < -0.39 is 36.6 Å². The molecule has 0 radical (unpaired) electrons. The van der Waals surface area contributed by atoms with Crippen LogP contribution in [0.3, 0.4) is 0 Å². The predicted octanol–water partition coefficient (Wildman–Crippen LogP) is 3.51. The number of likely N-dealkylation sites (N-methyl/N-ethyl adjacent to an activating group) is 1. The molecule has 17 atom stereocenters. The van der Waals surface area contributed by atoms with Gasteiger partial charge in [-0.15, -0.1) is 0 Å². The second-order valence-electron chi connectivity index (χ2n) is 33.8. The molecule has 0 aliphatic carbocycles. The molecule has 904 valence electrons. The molecule has 44 nitrogen and oxygen atoms in total. The Morgan fingerprint density at radius 3 is 0.871 bits per heavy atom. The summed E-state index contributed by atoms with van der Waals surface area (Å²) in [7, 11) is 8.55. The first-order chi connectivity index (χ1) is 68.9. The Morgan fingerprint density at radius 2 is 0.776 bits per heavy atom. The number of nitrogens with one attached hydrogen (secondary N) is 2. The largest absolute Gasteiger partial charge is 0.465 e. The van der Waals surface area contributed by atoms with Crippen LogP contribution in [0, 0.1) is 5.92 Å². The maximum atomic E-state index is 10.9. The molecule has 0 aromatic carbocycles. The summed E-state index contributed by atoms with van der Waals surface area (Å²) in [5, 5.41) is 157. The van der Waals surface area contributed by atoms with Crippen LogP contribution in [-0.2, 0) is 57.2 Å². The van der Waals surface area contributed by atoms with Crippen LogP contribution in [0.25, 0.3) is 0 Å². The van der Waals surface area contributed by atoms with E-state index in [4.69, 9.17) is 157 Å². The van der Waals surface area contributed by atoms with Crippen molar-refractivity contribution in [2.75, 3.05) is 167 Å². The number of esters is 1. The van der Waals surface area contributed by atoms with E-state index in [0.717, 1.165) is 135 Å². The monoisotopic (exact) mass is 2160 g/mol. The number of carbonyl (C=O) groups is 7. The number of ether oxygens (including phenoxy) is 5. The number of aliphatic hydroxyl groups excluding tert-OH is 18. The quantitative estimate of drug-likeness (QED) is 0.0388. The van der Waals surface area contributed by atoms with E-state index in [2.05, 4.69) is 41.9 Å². The van der Waals surface area contributed by atoms with Crippen molar-refractivity contribution in [2.24, 2.45) is 57.5 Å². The minimum atomic E-state index is -0.671. The van der Waals surface area contributed by atoms with Crippen molar-refractivity contribution in [3.05, 3.63) is 0 Å². The van der Waals surface area contributed by atoms with Crippen LogP contribution < -0.4 is 62.2 Å². The number of hydrogen-bond donors (Lipinski definition) is 29. The van der Waals surface area contributed by atoms with Gasteiger partial charge in [0.05, 0.1) is 146 Å². The van der Waals surface area contributed by atoms with Gasteiger partial charge in [0.15, 0.2) is 5.79 Å². The number of methoxy groups -OCH3 is 1. The first kappa shape index (κ1) is 184. The predicted molar refractivity (Wildman–Crippen MR) is 596 cm³/mol. The Bertz CT molecular complexity index is 2310. The average molecular weight is 2160 g/mol. The summed E-state index contributed by atoms with van der Waals surface area (Å²) in [6.45, 7) is 57.1. The zero-order chi connectivity index (χ0) is 119. The molecule has 44 heteroatoms. The number of cyclic esters (lactones) is 1. The Labute approximate surface area is 892 Å². The third-order valence-electron chi connectivity index (χ3n) is 19.2. The molecule has 147 heavy (non-hydrogen) atoms. The van der Waals surface area contributed by atoms with Crippen LogP contribution in [0.1, 0.15) is 353 Å². The number of hydrogen-bond acceptors (Lipinski definition) is 38. The van der Waals surface area contributed by atoms with E-state index in [1.807, 2.05) is 157 Å². The summed E-state index contributed by atoms with van der Waals surface area (Å²) in [4.78, 5) is 77.6. The highest BCUT2D eigenvalue weighted by molar-refractivity contribution is 5.77. The third-order valence-corrected chi connectivity index (χ3v) is 19.2. The topological polar surface area (TPSA) is 798 Å². The Hall–Kier alpha value is -4.91. The van der Waals surface area contributed by atoms with Crippen molar-refractivity contribution in [3.8, 4) is 0 Å². The number of primary amides is 1. The lowest BCUT2D eigenvalue weighted by Gasteiger charge is -2.16. The van der Waals surface area contributed by atoms with Crippen LogP contribution in [0.4, 0.5) is 0 Å². The van der Waals surface area contributed by atoms with E-state index in [9.17, 15) is 33.6 Å². The van der Waals surface area contributed by atoms with E-state index in [0.29, 0.717) is 116 Å². The number of rotatable bonds is 44. The molecule has 0 spiro atoms. The first-order valence-corrected chi connectivity index (χ1v) is 53.5. The molecule has 3 fully saturated rings. The van der Waals surface area contributed by atoms with E-state index in [1.54, 1.807) is 52.0 Å². The van der Waals surface area contributed by atoms with Crippen molar-refractivity contribution in [1.82, 2.24) is 25.3 Å². The Balaban J connectivity index is -0.0000000744. The second kappa shape index (κ2) is 150. The molecule has 6 amide bonds. The van der Waals surface area contributed by atoms with Gasteiger partial charge in [0.2, 0.25) is 35.4 Å². The lowest BCUT2D eigenvalue weighted by Crippen LogP contribution is -2.29. The molecule has 0 aromatic rings. The van der Waals surface area contributed by atoms with Crippen LogP contribution in [-0.4, -0.2) is 418 Å². The van der Waals surface area contributed by atoms with Gasteiger partial charge < -0.3 is 193 Å². The molecule has 38 N–H and O–H groups in total. The molecular formula is C103H242N14O30. The molecule has 0 saturated carbocycles. The third kappa shape index (κ3) is 177. The maximum Gasteiger partial charge on any atom is 0.308 e. The zero-order valence-electron chi connectivity index (χ0n) is 98.5. The van der Waals surface area contributed by atoms with Crippen LogP contribution in [0.5, 0.6) is 0 Å². The van der Waals surface area contributed by atoms with Gasteiger partial charge in [-0.3, -0.25) is 33.6 Å². The van der Waals surface area contributed by atoms with Crippen molar-refractivity contribution in [2.45, 2.75) is 457 Å².